The highest BCUT2D eigenvalue weighted by Gasteiger charge is 2.17. The standard InChI is InChI=1S/C16H19BrN2O4S2/c1-12(2)19-25(22,23)16-5-3-4-13(10-16)11-18-24(20,21)15-8-6-14(17)7-9-15/h3-10,12,18-19H,11H2,1-2H3. The highest BCUT2D eigenvalue weighted by Crippen LogP contribution is 2.16. The SMILES string of the molecule is CC(C)NS(=O)(=O)c1cccc(CNS(=O)(=O)c2ccc(Br)cc2)c1. The predicted octanol–water partition coefficient (Wildman–Crippen LogP) is 2.61. The molecule has 25 heavy (non-hydrogen) atoms. The lowest BCUT2D eigenvalue weighted by Gasteiger charge is -2.11. The molecule has 2 rings (SSSR count). The molecule has 0 saturated carbocycles. The topological polar surface area (TPSA) is 92.3 Å². The summed E-state index contributed by atoms with van der Waals surface area (Å²) in [6.45, 7) is 3.45. The lowest BCUT2D eigenvalue weighted by molar-refractivity contribution is 0.569. The maximum Gasteiger partial charge on any atom is 0.240 e. The molecule has 2 aromatic carbocycles. The van der Waals surface area contributed by atoms with Crippen molar-refractivity contribution in [2.45, 2.75) is 36.2 Å². The largest absolute Gasteiger partial charge is 0.240 e. The molecule has 0 radical (unpaired) electrons. The molecule has 0 aliphatic rings. The Morgan fingerprint density at radius 1 is 0.920 bits per heavy atom. The van der Waals surface area contributed by atoms with E-state index < -0.39 is 20.0 Å². The summed E-state index contributed by atoms with van der Waals surface area (Å²) in [5.41, 5.74) is 0.548. The molecular formula is C16H19BrN2O4S2. The molecule has 2 N–H and O–H groups in total. The lowest BCUT2D eigenvalue weighted by Crippen LogP contribution is -2.30. The van der Waals surface area contributed by atoms with E-state index in [2.05, 4.69) is 25.4 Å². The Balaban J connectivity index is 2.16. The van der Waals surface area contributed by atoms with Crippen LogP contribution in [0.3, 0.4) is 0 Å². The smallest absolute Gasteiger partial charge is 0.209 e. The fraction of sp³-hybridized carbons (Fsp3) is 0.250. The van der Waals surface area contributed by atoms with Crippen LogP contribution < -0.4 is 9.44 Å². The van der Waals surface area contributed by atoms with E-state index >= 15 is 0 Å². The summed E-state index contributed by atoms with van der Waals surface area (Å²) in [5, 5.41) is 0. The van der Waals surface area contributed by atoms with Crippen LogP contribution in [0.15, 0.2) is 62.8 Å². The van der Waals surface area contributed by atoms with Gasteiger partial charge in [0, 0.05) is 17.1 Å². The van der Waals surface area contributed by atoms with E-state index in [1.807, 2.05) is 0 Å². The maximum atomic E-state index is 12.3. The number of halogens is 1. The zero-order chi connectivity index (χ0) is 18.7. The van der Waals surface area contributed by atoms with E-state index in [0.29, 0.717) is 5.56 Å². The maximum absolute atomic E-state index is 12.3. The van der Waals surface area contributed by atoms with Crippen molar-refractivity contribution in [3.05, 3.63) is 58.6 Å². The Morgan fingerprint density at radius 2 is 1.56 bits per heavy atom. The van der Waals surface area contributed by atoms with Crippen LogP contribution in [0, 0.1) is 0 Å². The second-order valence-corrected chi connectivity index (χ2v) is 10.1. The van der Waals surface area contributed by atoms with Crippen molar-refractivity contribution >= 4 is 36.0 Å². The summed E-state index contributed by atoms with van der Waals surface area (Å²) in [4.78, 5) is 0.238. The average Bonchev–Trinajstić information content (AvgIpc) is 2.53. The Morgan fingerprint density at radius 3 is 2.16 bits per heavy atom. The van der Waals surface area contributed by atoms with Crippen molar-refractivity contribution in [2.75, 3.05) is 0 Å². The number of sulfonamides is 2. The molecule has 0 unspecified atom stereocenters. The van der Waals surface area contributed by atoms with Gasteiger partial charge in [-0.1, -0.05) is 28.1 Å². The first kappa shape index (κ1) is 20.1. The van der Waals surface area contributed by atoms with E-state index in [4.69, 9.17) is 0 Å². The van der Waals surface area contributed by atoms with Gasteiger partial charge >= 0.3 is 0 Å². The van der Waals surface area contributed by atoms with Gasteiger partial charge in [0.15, 0.2) is 0 Å². The van der Waals surface area contributed by atoms with Gasteiger partial charge in [-0.2, -0.15) is 0 Å². The second kappa shape index (κ2) is 7.96. The van der Waals surface area contributed by atoms with Gasteiger partial charge in [0.1, 0.15) is 0 Å². The van der Waals surface area contributed by atoms with Crippen LogP contribution in [0.5, 0.6) is 0 Å². The Labute approximate surface area is 156 Å². The molecule has 9 heteroatoms. The van der Waals surface area contributed by atoms with Crippen LogP contribution in [-0.4, -0.2) is 22.9 Å². The summed E-state index contributed by atoms with van der Waals surface area (Å²) >= 11 is 3.25. The molecule has 0 fully saturated rings. The van der Waals surface area contributed by atoms with Gasteiger partial charge in [0.25, 0.3) is 0 Å². The Hall–Kier alpha value is -1.26. The van der Waals surface area contributed by atoms with Crippen molar-refractivity contribution in [3.8, 4) is 0 Å². The van der Waals surface area contributed by atoms with Gasteiger partial charge in [-0.15, -0.1) is 0 Å². The molecule has 6 nitrogen and oxygen atoms in total. The number of benzene rings is 2. The first-order valence-corrected chi connectivity index (χ1v) is 11.2. The Bertz CT molecular complexity index is 940. The van der Waals surface area contributed by atoms with Gasteiger partial charge in [0.2, 0.25) is 20.0 Å². The van der Waals surface area contributed by atoms with Gasteiger partial charge in [-0.25, -0.2) is 26.3 Å². The van der Waals surface area contributed by atoms with Crippen LogP contribution in [-0.2, 0) is 26.6 Å². The third-order valence-electron chi connectivity index (χ3n) is 3.19. The van der Waals surface area contributed by atoms with E-state index in [0.717, 1.165) is 4.47 Å². The van der Waals surface area contributed by atoms with E-state index in [-0.39, 0.29) is 22.4 Å². The number of hydrogen-bond acceptors (Lipinski definition) is 4. The molecule has 136 valence electrons. The summed E-state index contributed by atoms with van der Waals surface area (Å²) in [6.07, 6.45) is 0. The predicted molar refractivity (Wildman–Crippen MR) is 100 cm³/mol. The fourth-order valence-electron chi connectivity index (χ4n) is 2.08. The van der Waals surface area contributed by atoms with Crippen molar-refractivity contribution in [1.82, 2.24) is 9.44 Å². The summed E-state index contributed by atoms with van der Waals surface area (Å²) in [7, 11) is -7.30. The summed E-state index contributed by atoms with van der Waals surface area (Å²) < 4.78 is 54.7. The minimum atomic E-state index is -3.68. The third-order valence-corrected chi connectivity index (χ3v) is 6.79. The van der Waals surface area contributed by atoms with Gasteiger partial charge < -0.3 is 0 Å². The molecule has 0 bridgehead atoms. The van der Waals surface area contributed by atoms with Crippen molar-refractivity contribution in [2.24, 2.45) is 0 Å². The van der Waals surface area contributed by atoms with Crippen molar-refractivity contribution in [1.29, 1.82) is 0 Å². The highest BCUT2D eigenvalue weighted by molar-refractivity contribution is 9.10. The van der Waals surface area contributed by atoms with Crippen LogP contribution in [0.2, 0.25) is 0 Å². The van der Waals surface area contributed by atoms with Crippen molar-refractivity contribution in [3.63, 3.8) is 0 Å². The van der Waals surface area contributed by atoms with Crippen molar-refractivity contribution < 1.29 is 16.8 Å². The van der Waals surface area contributed by atoms with Crippen LogP contribution in [0.1, 0.15) is 19.4 Å². The number of nitrogens with one attached hydrogen (secondary N) is 2. The van der Waals surface area contributed by atoms with E-state index in [1.54, 1.807) is 38.1 Å². The highest BCUT2D eigenvalue weighted by atomic mass is 79.9. The fourth-order valence-corrected chi connectivity index (χ4v) is 4.68. The third kappa shape index (κ3) is 5.61. The molecule has 0 aromatic heterocycles. The Kier molecular flexibility index (Phi) is 6.39. The van der Waals surface area contributed by atoms with Gasteiger partial charge in [0.05, 0.1) is 9.79 Å². The molecule has 0 amide bonds. The second-order valence-electron chi connectivity index (χ2n) is 5.70. The summed E-state index contributed by atoms with van der Waals surface area (Å²) in [6, 6.07) is 12.2. The minimum Gasteiger partial charge on any atom is -0.209 e. The number of rotatable bonds is 7. The molecule has 0 aliphatic heterocycles. The van der Waals surface area contributed by atoms with E-state index in [1.165, 1.54) is 24.3 Å². The quantitative estimate of drug-likeness (QED) is 0.683. The van der Waals surface area contributed by atoms with Crippen LogP contribution in [0.4, 0.5) is 0 Å². The lowest BCUT2D eigenvalue weighted by atomic mass is 10.2. The van der Waals surface area contributed by atoms with Crippen LogP contribution >= 0.6 is 15.9 Å². The molecule has 0 saturated heterocycles. The molecule has 0 aliphatic carbocycles. The van der Waals surface area contributed by atoms with Gasteiger partial charge in [-0.3, -0.25) is 0 Å². The summed E-state index contributed by atoms with van der Waals surface area (Å²) in [5.74, 6) is 0. The molecule has 0 heterocycles. The molecular weight excluding hydrogens is 428 g/mol. The first-order valence-electron chi connectivity index (χ1n) is 7.47. The zero-order valence-electron chi connectivity index (χ0n) is 13.7. The monoisotopic (exact) mass is 446 g/mol. The minimum absolute atomic E-state index is 0.0105. The van der Waals surface area contributed by atoms with Crippen LogP contribution in [0.25, 0.3) is 0 Å². The normalized spacial score (nSPS) is 12.5. The molecule has 0 spiro atoms. The first-order chi connectivity index (χ1) is 11.6. The molecule has 0 atom stereocenters. The number of hydrogen-bond donors (Lipinski definition) is 2. The van der Waals surface area contributed by atoms with Gasteiger partial charge in [-0.05, 0) is 55.8 Å². The average molecular weight is 447 g/mol. The van der Waals surface area contributed by atoms with E-state index in [9.17, 15) is 16.8 Å². The molecule has 2 aromatic rings. The zero-order valence-corrected chi connectivity index (χ0v) is 16.9.